The third-order valence-electron chi connectivity index (χ3n) is 1.79. The summed E-state index contributed by atoms with van der Waals surface area (Å²) in [6.45, 7) is 5.20. The van der Waals surface area contributed by atoms with Crippen LogP contribution in [0.25, 0.3) is 0 Å². The topological polar surface area (TPSA) is 78.5 Å². The maximum absolute atomic E-state index is 11.2. The molecule has 6 heteroatoms. The molecular weight excluding hydrogens is 218 g/mol. The lowest BCUT2D eigenvalue weighted by atomic mass is 10.3. The Kier molecular flexibility index (Phi) is 8.55. The fraction of sp³-hybridized carbons (Fsp3) is 0.889. The van der Waals surface area contributed by atoms with Crippen molar-refractivity contribution in [3.8, 4) is 0 Å². The van der Waals surface area contributed by atoms with Crippen molar-refractivity contribution >= 4 is 17.0 Å². The van der Waals surface area contributed by atoms with Gasteiger partial charge in [-0.3, -0.25) is 9.00 Å². The zero-order valence-corrected chi connectivity index (χ0v) is 9.97. The van der Waals surface area contributed by atoms with Gasteiger partial charge in [-0.2, -0.15) is 0 Å². The van der Waals surface area contributed by atoms with Gasteiger partial charge in [0.05, 0.1) is 6.61 Å². The van der Waals surface area contributed by atoms with Gasteiger partial charge in [0.15, 0.2) is 0 Å². The van der Waals surface area contributed by atoms with Gasteiger partial charge in [0, 0.05) is 0 Å². The summed E-state index contributed by atoms with van der Waals surface area (Å²) in [6.07, 6.45) is 1.24. The number of carbonyl (C=O) groups is 1. The first kappa shape index (κ1) is 14.5. The van der Waals surface area contributed by atoms with Gasteiger partial charge in [-0.25, -0.2) is 0 Å². The molecule has 90 valence electrons. The Hall–Kier alpha value is -0.460. The van der Waals surface area contributed by atoms with E-state index in [4.69, 9.17) is 0 Å². The van der Waals surface area contributed by atoms with E-state index in [2.05, 4.69) is 10.1 Å². The van der Waals surface area contributed by atoms with Gasteiger partial charge < -0.3 is 14.6 Å². The van der Waals surface area contributed by atoms with Crippen LogP contribution < -0.4 is 5.32 Å². The molecule has 0 aromatic rings. The lowest BCUT2D eigenvalue weighted by Crippen LogP contribution is -2.32. The van der Waals surface area contributed by atoms with Gasteiger partial charge in [0.1, 0.15) is 5.25 Å². The molecule has 0 aliphatic rings. The summed E-state index contributed by atoms with van der Waals surface area (Å²) < 4.78 is 26.2. The van der Waals surface area contributed by atoms with Crippen LogP contribution in [-0.2, 0) is 20.6 Å². The number of rotatable bonds is 8. The Morgan fingerprint density at radius 3 is 2.60 bits per heavy atom. The van der Waals surface area contributed by atoms with E-state index in [0.29, 0.717) is 6.54 Å². The van der Waals surface area contributed by atoms with Crippen molar-refractivity contribution in [3.05, 3.63) is 0 Å². The quantitative estimate of drug-likeness (QED) is 0.370. The van der Waals surface area contributed by atoms with Crippen LogP contribution in [0.1, 0.15) is 26.7 Å². The minimum atomic E-state index is -2.40. The Balaban J connectivity index is 3.94. The number of hydrogen-bond acceptors (Lipinski definition) is 5. The van der Waals surface area contributed by atoms with Crippen molar-refractivity contribution in [2.24, 2.45) is 0 Å². The summed E-state index contributed by atoms with van der Waals surface area (Å²) in [4.78, 5) is 11.2. The van der Waals surface area contributed by atoms with Crippen LogP contribution in [0.2, 0.25) is 0 Å². The molecule has 0 saturated heterocycles. The van der Waals surface area contributed by atoms with Gasteiger partial charge in [-0.15, -0.1) is 0 Å². The molecule has 0 fully saturated rings. The van der Waals surface area contributed by atoms with Crippen LogP contribution >= 0.6 is 0 Å². The van der Waals surface area contributed by atoms with Gasteiger partial charge in [-0.05, 0) is 43.9 Å². The molecule has 0 rings (SSSR count). The second-order valence-electron chi connectivity index (χ2n) is 3.04. The smallest absolute Gasteiger partial charge is 0.320 e. The number of esters is 1. The van der Waals surface area contributed by atoms with E-state index in [1.807, 2.05) is 6.92 Å². The molecule has 0 spiro atoms. The van der Waals surface area contributed by atoms with Crippen molar-refractivity contribution in [1.82, 2.24) is 5.32 Å². The summed E-state index contributed by atoms with van der Waals surface area (Å²) in [5.74, 6) is -0.663. The second-order valence-corrected chi connectivity index (χ2v) is 4.13. The largest absolute Gasteiger partial charge is 0.772 e. The average Bonchev–Trinajstić information content (AvgIpc) is 2.17. The fourth-order valence-electron chi connectivity index (χ4n) is 1.06. The van der Waals surface area contributed by atoms with Crippen molar-refractivity contribution in [2.75, 3.05) is 19.7 Å². The molecule has 2 atom stereocenters. The summed E-state index contributed by atoms with van der Waals surface area (Å²) >= 11 is -2.40. The second kappa shape index (κ2) is 8.82. The van der Waals surface area contributed by atoms with E-state index in [-0.39, 0.29) is 13.0 Å². The highest BCUT2D eigenvalue weighted by Gasteiger charge is 2.19. The molecule has 5 nitrogen and oxygen atoms in total. The van der Waals surface area contributed by atoms with Crippen LogP contribution in [0.4, 0.5) is 0 Å². The number of nitrogens with one attached hydrogen (secondary N) is 1. The number of carbonyl (C=O) groups excluding carboxylic acids is 1. The minimum Gasteiger partial charge on any atom is -0.772 e. The predicted octanol–water partition coefficient (Wildman–Crippen LogP) is 0.187. The van der Waals surface area contributed by atoms with E-state index < -0.39 is 22.3 Å². The van der Waals surface area contributed by atoms with Crippen molar-refractivity contribution in [3.63, 3.8) is 0 Å². The van der Waals surface area contributed by atoms with Gasteiger partial charge >= 0.3 is 5.97 Å². The molecule has 0 aliphatic carbocycles. The molecule has 0 aliphatic heterocycles. The molecule has 0 aromatic carbocycles. The van der Waals surface area contributed by atoms with E-state index in [0.717, 1.165) is 13.0 Å². The molecule has 0 saturated carbocycles. The van der Waals surface area contributed by atoms with E-state index >= 15 is 0 Å². The molecule has 0 bridgehead atoms. The summed E-state index contributed by atoms with van der Waals surface area (Å²) in [5.41, 5.74) is 0. The molecular formula is C9H18NO4S-. The lowest BCUT2D eigenvalue weighted by molar-refractivity contribution is -0.142. The summed E-state index contributed by atoms with van der Waals surface area (Å²) in [7, 11) is 0. The van der Waals surface area contributed by atoms with Gasteiger partial charge in [0.25, 0.3) is 0 Å². The molecule has 0 aromatic heterocycles. The van der Waals surface area contributed by atoms with E-state index in [1.54, 1.807) is 6.92 Å². The molecule has 2 unspecified atom stereocenters. The first-order chi connectivity index (χ1) is 7.13. The zero-order valence-electron chi connectivity index (χ0n) is 9.15. The third kappa shape index (κ3) is 6.59. The van der Waals surface area contributed by atoms with E-state index in [9.17, 15) is 13.6 Å². The van der Waals surface area contributed by atoms with Crippen LogP contribution in [-0.4, -0.2) is 39.7 Å². The Morgan fingerprint density at radius 2 is 2.13 bits per heavy atom. The van der Waals surface area contributed by atoms with Crippen molar-refractivity contribution in [1.29, 1.82) is 0 Å². The monoisotopic (exact) mass is 236 g/mol. The standard InChI is InChI=1S/C9H19NO4S/c1-3-6-10-7-5-8(15(12)13)9(11)14-4-2/h8,10H,3-7H2,1-2H3,(H,12,13)/p-1. The number of hydrogen-bond donors (Lipinski definition) is 1. The zero-order chi connectivity index (χ0) is 11.7. The lowest BCUT2D eigenvalue weighted by Gasteiger charge is -2.17. The van der Waals surface area contributed by atoms with E-state index in [1.165, 1.54) is 0 Å². The van der Waals surface area contributed by atoms with Crippen molar-refractivity contribution in [2.45, 2.75) is 31.9 Å². The highest BCUT2D eigenvalue weighted by atomic mass is 32.2. The molecule has 0 amide bonds. The Labute approximate surface area is 92.9 Å². The van der Waals surface area contributed by atoms with Crippen LogP contribution in [0.3, 0.4) is 0 Å². The molecule has 0 radical (unpaired) electrons. The van der Waals surface area contributed by atoms with Crippen molar-refractivity contribution < 1.29 is 18.3 Å². The first-order valence-electron chi connectivity index (χ1n) is 5.08. The Bertz CT molecular complexity index is 210. The number of ether oxygens (including phenoxy) is 1. The molecule has 0 heterocycles. The highest BCUT2D eigenvalue weighted by molar-refractivity contribution is 7.80. The fourth-order valence-corrected chi connectivity index (χ4v) is 1.60. The first-order valence-corrected chi connectivity index (χ1v) is 6.22. The molecule has 1 N–H and O–H groups in total. The average molecular weight is 236 g/mol. The highest BCUT2D eigenvalue weighted by Crippen LogP contribution is 2.02. The normalized spacial score (nSPS) is 14.6. The third-order valence-corrected chi connectivity index (χ3v) is 2.68. The van der Waals surface area contributed by atoms with Gasteiger partial charge in [0.2, 0.25) is 0 Å². The van der Waals surface area contributed by atoms with Crippen LogP contribution in [0, 0.1) is 0 Å². The maximum atomic E-state index is 11.2. The van der Waals surface area contributed by atoms with Crippen LogP contribution in [0.5, 0.6) is 0 Å². The Morgan fingerprint density at radius 1 is 1.47 bits per heavy atom. The molecule has 15 heavy (non-hydrogen) atoms. The van der Waals surface area contributed by atoms with Crippen LogP contribution in [0.15, 0.2) is 0 Å². The summed E-state index contributed by atoms with van der Waals surface area (Å²) in [5, 5.41) is 1.99. The predicted molar refractivity (Wildman–Crippen MR) is 57.1 cm³/mol. The van der Waals surface area contributed by atoms with Gasteiger partial charge in [-0.1, -0.05) is 6.92 Å². The summed E-state index contributed by atoms with van der Waals surface area (Å²) in [6, 6.07) is 0. The SMILES string of the molecule is CCCNCCC(C(=O)OCC)S(=O)[O-]. The maximum Gasteiger partial charge on any atom is 0.320 e. The minimum absolute atomic E-state index is 0.203.